The molecule has 1 aromatic heterocycles. The summed E-state index contributed by atoms with van der Waals surface area (Å²) in [6, 6.07) is 10.9. The molecule has 2 aromatic carbocycles. The lowest BCUT2D eigenvalue weighted by atomic mass is 10.1. The van der Waals surface area contributed by atoms with Gasteiger partial charge >= 0.3 is 5.97 Å². The molecule has 4 nitrogen and oxygen atoms in total. The molecule has 0 aliphatic carbocycles. The first-order valence-corrected chi connectivity index (χ1v) is 7.90. The highest BCUT2D eigenvalue weighted by Gasteiger charge is 2.20. The number of fused-ring (bicyclic) bond motifs is 1. The first-order chi connectivity index (χ1) is 11.9. The van der Waals surface area contributed by atoms with E-state index >= 15 is 0 Å². The average molecular weight is 340 g/mol. The average Bonchev–Trinajstić information content (AvgIpc) is 2.96. The molecule has 0 aliphatic rings. The van der Waals surface area contributed by atoms with Gasteiger partial charge in [0.2, 0.25) is 5.78 Å². The summed E-state index contributed by atoms with van der Waals surface area (Å²) in [5.41, 5.74) is 2.78. The van der Waals surface area contributed by atoms with Gasteiger partial charge in [0, 0.05) is 16.5 Å². The highest BCUT2D eigenvalue weighted by Crippen LogP contribution is 2.23. The smallest absolute Gasteiger partial charge is 0.311 e. The van der Waals surface area contributed by atoms with Crippen molar-refractivity contribution in [2.45, 2.75) is 26.4 Å². The van der Waals surface area contributed by atoms with Crippen molar-refractivity contribution in [2.75, 3.05) is 0 Å². The minimum Gasteiger partial charge on any atom is -0.464 e. The van der Waals surface area contributed by atoms with Crippen LogP contribution in [0.4, 0.5) is 4.39 Å². The zero-order valence-electron chi connectivity index (χ0n) is 13.9. The third kappa shape index (κ3) is 3.76. The van der Waals surface area contributed by atoms with Crippen LogP contribution in [0.1, 0.15) is 28.4 Å². The predicted octanol–water partition coefficient (Wildman–Crippen LogP) is 4.24. The van der Waals surface area contributed by atoms with Crippen LogP contribution in [0.15, 0.2) is 53.1 Å². The second-order valence-electron chi connectivity index (χ2n) is 5.94. The van der Waals surface area contributed by atoms with Gasteiger partial charge in [-0.15, -0.1) is 0 Å². The molecule has 0 aliphatic heterocycles. The lowest BCUT2D eigenvalue weighted by Crippen LogP contribution is -2.25. The van der Waals surface area contributed by atoms with Crippen LogP contribution in [-0.4, -0.2) is 17.9 Å². The number of esters is 1. The fraction of sp³-hybridized carbons (Fsp3) is 0.200. The monoisotopic (exact) mass is 340 g/mol. The van der Waals surface area contributed by atoms with E-state index in [0.29, 0.717) is 16.7 Å². The Bertz CT molecular complexity index is 925. The highest BCUT2D eigenvalue weighted by molar-refractivity contribution is 6.00. The van der Waals surface area contributed by atoms with Crippen LogP contribution in [0.5, 0.6) is 0 Å². The number of ketones is 1. The van der Waals surface area contributed by atoms with E-state index in [4.69, 9.17) is 9.15 Å². The van der Waals surface area contributed by atoms with Crippen LogP contribution in [0.3, 0.4) is 0 Å². The molecule has 0 radical (unpaired) electrons. The lowest BCUT2D eigenvalue weighted by Gasteiger charge is -2.12. The summed E-state index contributed by atoms with van der Waals surface area (Å²) in [5, 5.41) is 0.847. The van der Waals surface area contributed by atoms with Crippen LogP contribution in [-0.2, 0) is 16.0 Å². The van der Waals surface area contributed by atoms with Crippen molar-refractivity contribution in [3.63, 3.8) is 0 Å². The standard InChI is InChI=1S/C20H17FO4/c1-12-3-8-17-15(11-24-18(17)9-12)10-19(22)25-13(2)20(23)14-4-6-16(21)7-5-14/h3-9,11,13H,10H2,1-2H3/t13-/m1/s1. The molecular formula is C20H17FO4. The Morgan fingerprint density at radius 3 is 2.60 bits per heavy atom. The second-order valence-corrected chi connectivity index (χ2v) is 5.94. The number of furan rings is 1. The molecule has 0 saturated heterocycles. The van der Waals surface area contributed by atoms with E-state index in [2.05, 4.69) is 0 Å². The summed E-state index contributed by atoms with van der Waals surface area (Å²) >= 11 is 0. The van der Waals surface area contributed by atoms with Gasteiger partial charge in [-0.05, 0) is 49.7 Å². The van der Waals surface area contributed by atoms with Crippen LogP contribution in [0.2, 0.25) is 0 Å². The van der Waals surface area contributed by atoms with Crippen LogP contribution in [0, 0.1) is 12.7 Å². The summed E-state index contributed by atoms with van der Waals surface area (Å²) in [5.74, 6) is -1.32. The van der Waals surface area contributed by atoms with Crippen molar-refractivity contribution in [1.82, 2.24) is 0 Å². The Morgan fingerprint density at radius 1 is 1.16 bits per heavy atom. The SMILES string of the molecule is Cc1ccc2c(CC(=O)O[C@H](C)C(=O)c3ccc(F)cc3)coc2c1. The molecule has 0 spiro atoms. The minimum atomic E-state index is -0.946. The highest BCUT2D eigenvalue weighted by atomic mass is 19.1. The lowest BCUT2D eigenvalue weighted by molar-refractivity contribution is -0.145. The maximum atomic E-state index is 12.9. The zero-order valence-corrected chi connectivity index (χ0v) is 13.9. The molecule has 3 aromatic rings. The maximum Gasteiger partial charge on any atom is 0.311 e. The maximum absolute atomic E-state index is 12.9. The van der Waals surface area contributed by atoms with E-state index in [1.165, 1.54) is 37.5 Å². The van der Waals surface area contributed by atoms with Gasteiger partial charge in [0.1, 0.15) is 11.4 Å². The fourth-order valence-corrected chi connectivity index (χ4v) is 2.62. The number of carbonyl (C=O) groups is 2. The normalized spacial score (nSPS) is 12.1. The molecule has 0 saturated carbocycles. The zero-order chi connectivity index (χ0) is 18.0. The van der Waals surface area contributed by atoms with Gasteiger partial charge in [-0.25, -0.2) is 4.39 Å². The van der Waals surface area contributed by atoms with Crippen molar-refractivity contribution < 1.29 is 23.1 Å². The van der Waals surface area contributed by atoms with Crippen LogP contribution in [0.25, 0.3) is 11.0 Å². The van der Waals surface area contributed by atoms with Gasteiger partial charge in [0.25, 0.3) is 0 Å². The number of hydrogen-bond acceptors (Lipinski definition) is 4. The molecule has 1 atom stereocenters. The van der Waals surface area contributed by atoms with Gasteiger partial charge in [0.05, 0.1) is 12.7 Å². The van der Waals surface area contributed by atoms with Gasteiger partial charge in [-0.2, -0.15) is 0 Å². The van der Waals surface area contributed by atoms with Crippen molar-refractivity contribution in [1.29, 1.82) is 0 Å². The van der Waals surface area contributed by atoms with Crippen molar-refractivity contribution in [3.05, 3.63) is 71.2 Å². The van der Waals surface area contributed by atoms with E-state index < -0.39 is 17.9 Å². The molecule has 25 heavy (non-hydrogen) atoms. The van der Waals surface area contributed by atoms with Crippen LogP contribution < -0.4 is 0 Å². The number of rotatable bonds is 5. The van der Waals surface area contributed by atoms with Crippen LogP contribution >= 0.6 is 0 Å². The molecule has 0 N–H and O–H groups in total. The summed E-state index contributed by atoms with van der Waals surface area (Å²) in [6.07, 6.45) is 0.591. The molecule has 0 bridgehead atoms. The third-order valence-corrected chi connectivity index (χ3v) is 3.95. The van der Waals surface area contributed by atoms with Crippen molar-refractivity contribution in [3.8, 4) is 0 Å². The number of ether oxygens (including phenoxy) is 1. The number of carbonyl (C=O) groups excluding carboxylic acids is 2. The largest absolute Gasteiger partial charge is 0.464 e. The van der Waals surface area contributed by atoms with Gasteiger partial charge in [0.15, 0.2) is 6.10 Å². The Hall–Kier alpha value is -2.95. The quantitative estimate of drug-likeness (QED) is 0.515. The molecule has 0 fully saturated rings. The summed E-state index contributed by atoms with van der Waals surface area (Å²) in [7, 11) is 0. The number of benzene rings is 2. The number of halogens is 1. The first-order valence-electron chi connectivity index (χ1n) is 7.90. The topological polar surface area (TPSA) is 56.5 Å². The van der Waals surface area contributed by atoms with E-state index in [0.717, 1.165) is 10.9 Å². The Balaban J connectivity index is 1.67. The molecular weight excluding hydrogens is 323 g/mol. The molecule has 128 valence electrons. The fourth-order valence-electron chi connectivity index (χ4n) is 2.62. The van der Waals surface area contributed by atoms with E-state index in [9.17, 15) is 14.0 Å². The number of hydrogen-bond donors (Lipinski definition) is 0. The van der Waals surface area contributed by atoms with Gasteiger partial charge < -0.3 is 9.15 Å². The molecule has 1 heterocycles. The first kappa shape index (κ1) is 16.9. The summed E-state index contributed by atoms with van der Waals surface area (Å²) in [4.78, 5) is 24.4. The minimum absolute atomic E-state index is 0.0110. The van der Waals surface area contributed by atoms with Crippen molar-refractivity contribution in [2.24, 2.45) is 0 Å². The predicted molar refractivity (Wildman–Crippen MR) is 90.9 cm³/mol. The summed E-state index contributed by atoms with van der Waals surface area (Å²) < 4.78 is 23.6. The molecule has 0 unspecified atom stereocenters. The number of Topliss-reactive ketones (excluding diaryl/α,β-unsaturated/α-hetero) is 1. The van der Waals surface area contributed by atoms with E-state index in [1.54, 1.807) is 0 Å². The Labute approximate surface area is 144 Å². The van der Waals surface area contributed by atoms with Gasteiger partial charge in [-0.3, -0.25) is 9.59 Å². The van der Waals surface area contributed by atoms with E-state index in [1.807, 2.05) is 25.1 Å². The summed E-state index contributed by atoms with van der Waals surface area (Å²) in [6.45, 7) is 3.46. The van der Waals surface area contributed by atoms with E-state index in [-0.39, 0.29) is 12.2 Å². The molecule has 5 heteroatoms. The van der Waals surface area contributed by atoms with Gasteiger partial charge in [-0.1, -0.05) is 12.1 Å². The number of aryl methyl sites for hydroxylation is 1. The molecule has 0 amide bonds. The third-order valence-electron chi connectivity index (χ3n) is 3.95. The molecule has 3 rings (SSSR count). The Kier molecular flexibility index (Phi) is 4.65. The Morgan fingerprint density at radius 2 is 1.88 bits per heavy atom. The van der Waals surface area contributed by atoms with Crippen molar-refractivity contribution >= 4 is 22.7 Å². The second kappa shape index (κ2) is 6.89.